The lowest BCUT2D eigenvalue weighted by molar-refractivity contribution is 1.18. The van der Waals surface area contributed by atoms with Gasteiger partial charge in [-0.3, -0.25) is 0 Å². The summed E-state index contributed by atoms with van der Waals surface area (Å²) < 4.78 is 0. The average Bonchev–Trinajstić information content (AvgIpc) is 2.38. The Bertz CT molecular complexity index is 499. The quantitative estimate of drug-likeness (QED) is 0.721. The van der Waals surface area contributed by atoms with Gasteiger partial charge in [-0.1, -0.05) is 57.9 Å². The Hall–Kier alpha value is -0.990. The first-order chi connectivity index (χ1) is 8.24. The van der Waals surface area contributed by atoms with Crippen LogP contribution in [0.25, 0.3) is 0 Å². The molecule has 17 heavy (non-hydrogen) atoms. The summed E-state index contributed by atoms with van der Waals surface area (Å²) >= 11 is 9.79. The molecule has 0 amide bonds. The van der Waals surface area contributed by atoms with Crippen molar-refractivity contribution in [1.29, 1.82) is 0 Å². The Labute approximate surface area is 115 Å². The van der Waals surface area contributed by atoms with Crippen molar-refractivity contribution in [3.63, 3.8) is 0 Å². The monoisotopic (exact) mass is 309 g/mol. The highest BCUT2D eigenvalue weighted by Crippen LogP contribution is 2.34. The first-order valence-electron chi connectivity index (χ1n) is 5.36. The molecule has 0 bridgehead atoms. The second kappa shape index (κ2) is 5.56. The molecule has 0 aromatic heterocycles. The van der Waals surface area contributed by atoms with Gasteiger partial charge in [0, 0.05) is 18.1 Å². The van der Waals surface area contributed by atoms with Gasteiger partial charge >= 0.3 is 0 Å². The molecule has 0 heterocycles. The van der Waals surface area contributed by atoms with Gasteiger partial charge in [-0.2, -0.15) is 0 Å². The number of hydrogen-bond donors (Lipinski definition) is 0. The third-order valence-corrected chi connectivity index (χ3v) is 3.60. The molecule has 0 spiro atoms. The number of nitrogens with zero attached hydrogens (tertiary/aromatic N) is 1. The number of para-hydroxylation sites is 2. The molecule has 2 aromatic rings. The van der Waals surface area contributed by atoms with E-state index in [4.69, 9.17) is 11.6 Å². The van der Waals surface area contributed by atoms with Crippen LogP contribution in [0.2, 0.25) is 5.02 Å². The van der Waals surface area contributed by atoms with E-state index in [9.17, 15) is 0 Å². The van der Waals surface area contributed by atoms with Crippen molar-refractivity contribution >= 4 is 38.9 Å². The van der Waals surface area contributed by atoms with Crippen LogP contribution >= 0.6 is 27.5 Å². The molecule has 1 nitrogen and oxygen atoms in total. The van der Waals surface area contributed by atoms with Gasteiger partial charge in [-0.05, 0) is 23.8 Å². The molecule has 0 aliphatic carbocycles. The van der Waals surface area contributed by atoms with Crippen molar-refractivity contribution < 1.29 is 0 Å². The van der Waals surface area contributed by atoms with E-state index in [1.165, 1.54) is 5.56 Å². The molecule has 0 N–H and O–H groups in total. The highest BCUT2D eigenvalue weighted by Gasteiger charge is 2.12. The van der Waals surface area contributed by atoms with Crippen molar-refractivity contribution in [1.82, 2.24) is 0 Å². The minimum atomic E-state index is 0.772. The lowest BCUT2D eigenvalue weighted by atomic mass is 10.1. The molecule has 0 unspecified atom stereocenters. The predicted molar refractivity (Wildman–Crippen MR) is 78.6 cm³/mol. The number of alkyl halides is 1. The molecule has 0 radical (unpaired) electrons. The summed E-state index contributed by atoms with van der Waals surface area (Å²) in [4.78, 5) is 2.11. The Balaban J connectivity index is 2.47. The van der Waals surface area contributed by atoms with Gasteiger partial charge in [0.1, 0.15) is 0 Å². The zero-order valence-corrected chi connectivity index (χ0v) is 11.9. The molecular formula is C14H13BrClN. The van der Waals surface area contributed by atoms with Gasteiger partial charge < -0.3 is 4.90 Å². The first kappa shape index (κ1) is 12.5. The molecular weight excluding hydrogens is 298 g/mol. The van der Waals surface area contributed by atoms with E-state index < -0.39 is 0 Å². The van der Waals surface area contributed by atoms with Gasteiger partial charge in [0.05, 0.1) is 10.7 Å². The van der Waals surface area contributed by atoms with E-state index >= 15 is 0 Å². The van der Waals surface area contributed by atoms with E-state index in [1.54, 1.807) is 0 Å². The summed E-state index contributed by atoms with van der Waals surface area (Å²) in [6.45, 7) is 0. The molecule has 0 fully saturated rings. The van der Waals surface area contributed by atoms with Crippen LogP contribution in [0.3, 0.4) is 0 Å². The summed E-state index contributed by atoms with van der Waals surface area (Å²) in [5, 5.41) is 1.56. The van der Waals surface area contributed by atoms with Gasteiger partial charge in [-0.25, -0.2) is 0 Å². The Morgan fingerprint density at radius 1 is 1.06 bits per heavy atom. The fourth-order valence-corrected chi connectivity index (χ4v) is 2.60. The van der Waals surface area contributed by atoms with Gasteiger partial charge in [0.2, 0.25) is 0 Å². The number of anilines is 2. The fourth-order valence-electron chi connectivity index (χ4n) is 1.82. The van der Waals surface area contributed by atoms with Gasteiger partial charge in [0.25, 0.3) is 0 Å². The summed E-state index contributed by atoms with van der Waals surface area (Å²) in [5.41, 5.74) is 3.36. The van der Waals surface area contributed by atoms with Crippen LogP contribution in [0.15, 0.2) is 48.5 Å². The smallest absolute Gasteiger partial charge is 0.0646 e. The molecule has 0 aliphatic heterocycles. The fraction of sp³-hybridized carbons (Fsp3) is 0.143. The lowest BCUT2D eigenvalue weighted by Gasteiger charge is -2.23. The van der Waals surface area contributed by atoms with Crippen LogP contribution < -0.4 is 4.90 Å². The van der Waals surface area contributed by atoms with Crippen LogP contribution in [-0.2, 0) is 5.33 Å². The zero-order chi connectivity index (χ0) is 12.3. The first-order valence-corrected chi connectivity index (χ1v) is 6.86. The Morgan fingerprint density at radius 2 is 1.76 bits per heavy atom. The number of benzene rings is 2. The van der Waals surface area contributed by atoms with Crippen molar-refractivity contribution in [2.24, 2.45) is 0 Å². The SMILES string of the molecule is CN(c1ccccc1)c1c(Cl)cccc1CBr. The lowest BCUT2D eigenvalue weighted by Crippen LogP contribution is -2.11. The number of hydrogen-bond acceptors (Lipinski definition) is 1. The standard InChI is InChI=1S/C14H13BrClN/c1-17(12-7-3-2-4-8-12)14-11(10-15)6-5-9-13(14)16/h2-9H,10H2,1H3. The molecule has 3 heteroatoms. The average molecular weight is 311 g/mol. The van der Waals surface area contributed by atoms with Crippen molar-refractivity contribution in [2.45, 2.75) is 5.33 Å². The van der Waals surface area contributed by atoms with Crippen LogP contribution in [0, 0.1) is 0 Å². The largest absolute Gasteiger partial charge is 0.343 e. The third-order valence-electron chi connectivity index (χ3n) is 2.69. The molecule has 0 saturated carbocycles. The van der Waals surface area contributed by atoms with Crippen LogP contribution in [0.1, 0.15) is 5.56 Å². The molecule has 0 saturated heterocycles. The maximum atomic E-state index is 6.29. The molecule has 88 valence electrons. The van der Waals surface area contributed by atoms with Crippen molar-refractivity contribution in [3.05, 3.63) is 59.1 Å². The summed E-state index contributed by atoms with van der Waals surface area (Å²) in [7, 11) is 2.03. The minimum Gasteiger partial charge on any atom is -0.343 e. The predicted octanol–water partition coefficient (Wildman–Crippen LogP) is 5.00. The molecule has 2 rings (SSSR count). The van der Waals surface area contributed by atoms with E-state index in [0.717, 1.165) is 21.7 Å². The maximum absolute atomic E-state index is 6.29. The number of rotatable bonds is 3. The van der Waals surface area contributed by atoms with Crippen LogP contribution in [0.4, 0.5) is 11.4 Å². The Morgan fingerprint density at radius 3 is 2.41 bits per heavy atom. The summed E-state index contributed by atoms with van der Waals surface area (Å²) in [5.74, 6) is 0. The van der Waals surface area contributed by atoms with Gasteiger partial charge in [0.15, 0.2) is 0 Å². The second-order valence-electron chi connectivity index (χ2n) is 3.78. The van der Waals surface area contributed by atoms with E-state index in [-0.39, 0.29) is 0 Å². The van der Waals surface area contributed by atoms with Crippen LogP contribution in [0.5, 0.6) is 0 Å². The third kappa shape index (κ3) is 2.64. The highest BCUT2D eigenvalue weighted by atomic mass is 79.9. The molecule has 0 aliphatic rings. The van der Waals surface area contributed by atoms with E-state index in [1.807, 2.05) is 37.4 Å². The maximum Gasteiger partial charge on any atom is 0.0646 e. The van der Waals surface area contributed by atoms with Crippen molar-refractivity contribution in [2.75, 3.05) is 11.9 Å². The number of halogens is 2. The second-order valence-corrected chi connectivity index (χ2v) is 4.74. The topological polar surface area (TPSA) is 3.24 Å². The Kier molecular flexibility index (Phi) is 4.08. The van der Waals surface area contributed by atoms with Gasteiger partial charge in [-0.15, -0.1) is 0 Å². The molecule has 0 atom stereocenters. The van der Waals surface area contributed by atoms with E-state index in [2.05, 4.69) is 39.0 Å². The van der Waals surface area contributed by atoms with E-state index in [0.29, 0.717) is 0 Å². The normalized spacial score (nSPS) is 10.3. The molecule has 2 aromatic carbocycles. The van der Waals surface area contributed by atoms with Crippen molar-refractivity contribution in [3.8, 4) is 0 Å². The highest BCUT2D eigenvalue weighted by molar-refractivity contribution is 9.08. The summed E-state index contributed by atoms with van der Waals surface area (Å²) in [6, 6.07) is 16.2. The van der Waals surface area contributed by atoms with Crippen LogP contribution in [-0.4, -0.2) is 7.05 Å². The summed E-state index contributed by atoms with van der Waals surface area (Å²) in [6.07, 6.45) is 0. The zero-order valence-electron chi connectivity index (χ0n) is 9.53. The minimum absolute atomic E-state index is 0.772.